The molecule has 0 radical (unpaired) electrons. The van der Waals surface area contributed by atoms with Crippen LogP contribution in [0.1, 0.15) is 0 Å². The fraction of sp³-hybridized carbons (Fsp3) is 0. The van der Waals surface area contributed by atoms with E-state index in [2.05, 4.69) is 40.6 Å². The molecule has 1 aromatic carbocycles. The molecule has 0 aromatic heterocycles. The van der Waals surface area contributed by atoms with Gasteiger partial charge < -0.3 is 10.6 Å². The first kappa shape index (κ1) is 14.1. The summed E-state index contributed by atoms with van der Waals surface area (Å²) in [5.41, 5.74) is 20.8. The van der Waals surface area contributed by atoms with Gasteiger partial charge in [-0.2, -0.15) is 0 Å². The number of rotatable bonds is 3. The van der Waals surface area contributed by atoms with Gasteiger partial charge in [-0.3, -0.25) is 14.8 Å². The second kappa shape index (κ2) is 6.12. The molecule has 0 bridgehead atoms. The Hall–Kier alpha value is -3.94. The summed E-state index contributed by atoms with van der Waals surface area (Å²) in [4.78, 5) is 28.3. The van der Waals surface area contributed by atoms with E-state index in [9.17, 15) is 9.59 Å². The van der Waals surface area contributed by atoms with Gasteiger partial charge >= 0.3 is 5.08 Å². The fourth-order valence-electron chi connectivity index (χ4n) is 1.20. The van der Waals surface area contributed by atoms with Crippen molar-refractivity contribution in [3.05, 3.63) is 62.7 Å². The summed E-state index contributed by atoms with van der Waals surface area (Å²) in [5.74, 6) is 0. The Morgan fingerprint density at radius 1 is 0.950 bits per heavy atom. The maximum atomic E-state index is 11.9. The molecule has 0 N–H and O–H groups in total. The van der Waals surface area contributed by atoms with E-state index < -0.39 is 32.9 Å². The number of nitrogens with zero attached hydrogens (tertiary/aromatic N) is 12. The van der Waals surface area contributed by atoms with Gasteiger partial charge in [-0.25, -0.2) is 0 Å². The first-order valence-electron chi connectivity index (χ1n) is 4.40. The van der Waals surface area contributed by atoms with Crippen LogP contribution in [-0.4, -0.2) is 0 Å². The summed E-state index contributed by atoms with van der Waals surface area (Å²) in [7, 11) is 0. The Labute approximate surface area is 106 Å². The van der Waals surface area contributed by atoms with Crippen LogP contribution in [0.2, 0.25) is 0 Å². The number of benzene rings is 1. The highest BCUT2D eigenvalue weighted by Crippen LogP contribution is 2.17. The molecule has 0 unspecified atom stereocenters. The van der Waals surface area contributed by atoms with E-state index in [1.165, 1.54) is 0 Å². The van der Waals surface area contributed by atoms with E-state index in [4.69, 9.17) is 22.0 Å². The SMILES string of the molecule is N#[N+]N=c1c(=O)c(N=[N+]=[N-])c(N=[N+]=[N-])c(=O)c1=NN=[N-]. The molecule has 0 aliphatic rings. The van der Waals surface area contributed by atoms with Crippen LogP contribution in [0.25, 0.3) is 31.5 Å². The zero-order chi connectivity index (χ0) is 15.1. The number of diazo groups is 1. The molecule has 0 aliphatic heterocycles. The topological polar surface area (TPSA) is 219 Å². The number of hydrogen-bond donors (Lipinski definition) is 0. The van der Waals surface area contributed by atoms with E-state index in [0.29, 0.717) is 0 Å². The molecule has 0 aliphatic carbocycles. The van der Waals surface area contributed by atoms with Crippen molar-refractivity contribution < 1.29 is 0 Å². The van der Waals surface area contributed by atoms with Gasteiger partial charge in [0.1, 0.15) is 5.69 Å². The molecule has 0 atom stereocenters. The second-order valence-electron chi connectivity index (χ2n) is 2.81. The van der Waals surface area contributed by atoms with E-state index in [1.807, 2.05) is 0 Å². The molecule has 14 nitrogen and oxygen atoms in total. The van der Waals surface area contributed by atoms with Gasteiger partial charge in [-0.15, -0.1) is 0 Å². The summed E-state index contributed by atoms with van der Waals surface area (Å²) < 4.78 is 0. The van der Waals surface area contributed by atoms with Crippen molar-refractivity contribution in [2.24, 2.45) is 25.7 Å². The Morgan fingerprint density at radius 3 is 1.85 bits per heavy atom. The molecule has 1 aromatic rings. The van der Waals surface area contributed by atoms with Gasteiger partial charge in [0.2, 0.25) is 10.8 Å². The highest BCUT2D eigenvalue weighted by Gasteiger charge is 2.15. The van der Waals surface area contributed by atoms with Crippen molar-refractivity contribution in [3.63, 3.8) is 0 Å². The molecule has 0 fully saturated rings. The van der Waals surface area contributed by atoms with E-state index in [1.54, 1.807) is 0 Å². The minimum atomic E-state index is -1.20. The minimum Gasteiger partial charge on any atom is -0.362 e. The third-order valence-corrected chi connectivity index (χ3v) is 1.89. The highest BCUT2D eigenvalue weighted by molar-refractivity contribution is 5.60. The molecular weight excluding hydrogens is 272 g/mol. The van der Waals surface area contributed by atoms with Crippen molar-refractivity contribution in [2.75, 3.05) is 0 Å². The fourth-order valence-corrected chi connectivity index (χ4v) is 1.20. The molecule has 0 amide bonds. The Morgan fingerprint density at radius 2 is 1.45 bits per heavy atom. The van der Waals surface area contributed by atoms with Crippen LogP contribution >= 0.6 is 0 Å². The van der Waals surface area contributed by atoms with Crippen molar-refractivity contribution in [1.29, 1.82) is 5.39 Å². The van der Waals surface area contributed by atoms with Gasteiger partial charge in [0.05, 0.1) is 11.0 Å². The average Bonchev–Trinajstić information content (AvgIpc) is 2.44. The lowest BCUT2D eigenvalue weighted by molar-refractivity contribution is 1.04. The molecule has 1 rings (SSSR count). The molecule has 96 valence electrons. The smallest absolute Gasteiger partial charge is 0.339 e. The number of hydrogen-bond acceptors (Lipinski definition) is 7. The monoisotopic (exact) mass is 272 g/mol. The van der Waals surface area contributed by atoms with E-state index in [-0.39, 0.29) is 0 Å². The Bertz CT molecular complexity index is 928. The summed E-state index contributed by atoms with van der Waals surface area (Å²) in [6, 6.07) is 0. The van der Waals surface area contributed by atoms with Crippen LogP contribution in [0.5, 0.6) is 0 Å². The standard InChI is InChI=1S/C6N12O2/c7-15-11-1-2(12-16-8)6(20)4(14-18-10)3(5(1)19)13-17-9. The lowest BCUT2D eigenvalue weighted by atomic mass is 10.2. The molecule has 14 heteroatoms. The molecular formula is C6N12O2. The number of azide groups is 2. The summed E-state index contributed by atoms with van der Waals surface area (Å²) in [5, 5.41) is 22.9. The first-order valence-corrected chi connectivity index (χ1v) is 4.40. The largest absolute Gasteiger partial charge is 0.362 e. The minimum absolute atomic E-state index is 0.852. The van der Waals surface area contributed by atoms with Gasteiger partial charge in [-0.05, 0) is 11.1 Å². The molecule has 0 spiro atoms. The highest BCUT2D eigenvalue weighted by atomic mass is 16.1. The third kappa shape index (κ3) is 2.33. The van der Waals surface area contributed by atoms with Crippen molar-refractivity contribution in [2.45, 2.75) is 0 Å². The van der Waals surface area contributed by atoms with Crippen molar-refractivity contribution >= 4 is 11.4 Å². The zero-order valence-electron chi connectivity index (χ0n) is 9.18. The lowest BCUT2D eigenvalue weighted by Gasteiger charge is -1.96. The summed E-state index contributed by atoms with van der Waals surface area (Å²) in [6.45, 7) is 0. The maximum Gasteiger partial charge on any atom is 0.339 e. The molecule has 20 heavy (non-hydrogen) atoms. The normalized spacial score (nSPS) is 11.2. The van der Waals surface area contributed by atoms with Gasteiger partial charge in [0.15, 0.2) is 10.5 Å². The van der Waals surface area contributed by atoms with Crippen LogP contribution in [0.15, 0.2) is 35.2 Å². The van der Waals surface area contributed by atoms with Gasteiger partial charge in [0.25, 0.3) is 5.39 Å². The average molecular weight is 272 g/mol. The summed E-state index contributed by atoms with van der Waals surface area (Å²) >= 11 is 0. The van der Waals surface area contributed by atoms with Crippen LogP contribution in [-0.2, 0) is 0 Å². The second-order valence-corrected chi connectivity index (χ2v) is 2.81. The van der Waals surface area contributed by atoms with E-state index >= 15 is 0 Å². The summed E-state index contributed by atoms with van der Waals surface area (Å²) in [6.07, 6.45) is 0. The van der Waals surface area contributed by atoms with Gasteiger partial charge in [0, 0.05) is 9.82 Å². The van der Waals surface area contributed by atoms with Crippen LogP contribution in [0.4, 0.5) is 11.4 Å². The van der Waals surface area contributed by atoms with Crippen LogP contribution < -0.4 is 21.6 Å². The Kier molecular flexibility index (Phi) is 4.32. The zero-order valence-corrected chi connectivity index (χ0v) is 9.18. The molecule has 0 heterocycles. The van der Waals surface area contributed by atoms with Crippen molar-refractivity contribution in [1.82, 2.24) is 0 Å². The third-order valence-electron chi connectivity index (χ3n) is 1.89. The maximum absolute atomic E-state index is 11.9. The van der Waals surface area contributed by atoms with Crippen molar-refractivity contribution in [3.8, 4) is 0 Å². The molecule has 0 saturated heterocycles. The quantitative estimate of drug-likeness (QED) is 0.254. The lowest BCUT2D eigenvalue weighted by Crippen LogP contribution is -2.47. The van der Waals surface area contributed by atoms with Crippen LogP contribution in [0.3, 0.4) is 0 Å². The Balaban J connectivity index is 4.36. The predicted octanol–water partition coefficient (Wildman–Crippen LogP) is 0.672. The first-order chi connectivity index (χ1) is 9.62. The van der Waals surface area contributed by atoms with Crippen LogP contribution in [0, 0.1) is 5.39 Å². The predicted molar refractivity (Wildman–Crippen MR) is 61.0 cm³/mol. The molecule has 0 saturated carbocycles. The van der Waals surface area contributed by atoms with E-state index in [0.717, 1.165) is 0 Å². The van der Waals surface area contributed by atoms with Gasteiger partial charge in [-0.1, -0.05) is 10.2 Å².